The largest absolute Gasteiger partial charge is 0.393 e. The predicted molar refractivity (Wildman–Crippen MR) is 65.6 cm³/mol. The summed E-state index contributed by atoms with van der Waals surface area (Å²) in [5, 5.41) is 12.7. The van der Waals surface area contributed by atoms with Gasteiger partial charge in [0.05, 0.1) is 4.92 Å². The van der Waals surface area contributed by atoms with Crippen molar-refractivity contribution in [1.29, 1.82) is 0 Å². The number of anilines is 1. The van der Waals surface area contributed by atoms with E-state index < -0.39 is 4.92 Å². The molecule has 0 aliphatic carbocycles. The molecule has 0 aliphatic heterocycles. The Labute approximate surface area is 96.5 Å². The zero-order valence-corrected chi connectivity index (χ0v) is 9.45. The lowest BCUT2D eigenvalue weighted by molar-refractivity contribution is -0.383. The summed E-state index contributed by atoms with van der Waals surface area (Å²) in [5.41, 5.74) is 7.69. The molecule has 0 unspecified atom stereocenters. The molecule has 1 aromatic carbocycles. The second kappa shape index (κ2) is 3.94. The minimum absolute atomic E-state index is 0.0298. The first-order valence-electron chi connectivity index (χ1n) is 4.68. The Morgan fingerprint density at radius 2 is 2.12 bits per heavy atom. The van der Waals surface area contributed by atoms with Crippen LogP contribution < -0.4 is 5.73 Å². The number of nitrogen functional groups attached to an aromatic ring is 1. The van der Waals surface area contributed by atoms with Gasteiger partial charge in [0.25, 0.3) is 5.69 Å². The molecule has 1 aromatic heterocycles. The lowest BCUT2D eigenvalue weighted by Gasteiger charge is -2.06. The van der Waals surface area contributed by atoms with Crippen molar-refractivity contribution in [3.05, 3.63) is 45.3 Å². The number of hydrogen-bond acceptors (Lipinski definition) is 4. The summed E-state index contributed by atoms with van der Waals surface area (Å²) in [6, 6.07) is 7.11. The number of nitro groups is 1. The maximum absolute atomic E-state index is 10.7. The molecule has 0 saturated heterocycles. The summed E-state index contributed by atoms with van der Waals surface area (Å²) in [5.74, 6) is 0. The Morgan fingerprint density at radius 3 is 2.69 bits per heavy atom. The summed E-state index contributed by atoms with van der Waals surface area (Å²) in [4.78, 5) is 11.3. The van der Waals surface area contributed by atoms with Gasteiger partial charge in [-0.25, -0.2) is 0 Å². The highest BCUT2D eigenvalue weighted by molar-refractivity contribution is 7.13. The fraction of sp³-hybridized carbons (Fsp3) is 0.0909. The Morgan fingerprint density at radius 1 is 1.38 bits per heavy atom. The Kier molecular flexibility index (Phi) is 2.62. The normalized spacial score (nSPS) is 10.3. The maximum Gasteiger partial charge on any atom is 0.292 e. The highest BCUT2D eigenvalue weighted by Crippen LogP contribution is 2.35. The predicted octanol–water partition coefficient (Wildman–Crippen LogP) is 3.21. The number of thiophene rings is 1. The molecular formula is C11H10N2O2S. The highest BCUT2D eigenvalue weighted by atomic mass is 32.1. The van der Waals surface area contributed by atoms with Crippen molar-refractivity contribution in [3.8, 4) is 10.4 Å². The molecule has 0 radical (unpaired) electrons. The van der Waals surface area contributed by atoms with E-state index in [0.29, 0.717) is 0 Å². The Bertz CT molecular complexity index is 535. The molecular weight excluding hydrogens is 224 g/mol. The quantitative estimate of drug-likeness (QED) is 0.492. The van der Waals surface area contributed by atoms with E-state index in [2.05, 4.69) is 0 Å². The van der Waals surface area contributed by atoms with Gasteiger partial charge in [-0.1, -0.05) is 6.07 Å². The third kappa shape index (κ3) is 1.65. The number of benzene rings is 1. The fourth-order valence-corrected chi connectivity index (χ4v) is 2.38. The van der Waals surface area contributed by atoms with Crippen LogP contribution in [0.2, 0.25) is 0 Å². The number of nitrogens with two attached hydrogens (primary N) is 1. The maximum atomic E-state index is 10.7. The highest BCUT2D eigenvalue weighted by Gasteiger charge is 2.16. The molecule has 0 fully saturated rings. The van der Waals surface area contributed by atoms with Crippen molar-refractivity contribution < 1.29 is 4.92 Å². The lowest BCUT2D eigenvalue weighted by Crippen LogP contribution is -1.99. The van der Waals surface area contributed by atoms with E-state index in [1.165, 1.54) is 6.07 Å². The third-order valence-electron chi connectivity index (χ3n) is 2.48. The number of rotatable bonds is 2. The molecule has 2 rings (SSSR count). The molecule has 16 heavy (non-hydrogen) atoms. The summed E-state index contributed by atoms with van der Waals surface area (Å²) in [6.07, 6.45) is 0. The average Bonchev–Trinajstić information content (AvgIpc) is 2.74. The van der Waals surface area contributed by atoms with Gasteiger partial charge in [-0.05, 0) is 35.6 Å². The van der Waals surface area contributed by atoms with Gasteiger partial charge in [-0.15, -0.1) is 11.3 Å². The summed E-state index contributed by atoms with van der Waals surface area (Å²) < 4.78 is 0. The molecule has 0 bridgehead atoms. The lowest BCUT2D eigenvalue weighted by atomic mass is 10.0. The average molecular weight is 234 g/mol. The molecule has 0 atom stereocenters. The molecule has 2 aromatic rings. The summed E-state index contributed by atoms with van der Waals surface area (Å²) in [7, 11) is 0. The van der Waals surface area contributed by atoms with Crippen LogP contribution in [0, 0.1) is 17.0 Å². The summed E-state index contributed by atoms with van der Waals surface area (Å²) in [6.45, 7) is 1.80. The van der Waals surface area contributed by atoms with E-state index in [1.54, 1.807) is 24.3 Å². The van der Waals surface area contributed by atoms with Crippen LogP contribution in [0.1, 0.15) is 5.56 Å². The van der Waals surface area contributed by atoms with Crippen molar-refractivity contribution >= 4 is 22.7 Å². The van der Waals surface area contributed by atoms with Crippen LogP contribution >= 0.6 is 11.3 Å². The van der Waals surface area contributed by atoms with Gasteiger partial charge in [-0.3, -0.25) is 10.1 Å². The van der Waals surface area contributed by atoms with Crippen molar-refractivity contribution in [2.24, 2.45) is 0 Å². The van der Waals surface area contributed by atoms with E-state index in [4.69, 9.17) is 5.73 Å². The number of hydrogen-bond donors (Lipinski definition) is 1. The zero-order valence-electron chi connectivity index (χ0n) is 8.64. The Hall–Kier alpha value is -1.88. The zero-order chi connectivity index (χ0) is 11.7. The minimum Gasteiger partial charge on any atom is -0.393 e. The smallest absolute Gasteiger partial charge is 0.292 e. The molecule has 5 heteroatoms. The van der Waals surface area contributed by atoms with Crippen LogP contribution in [-0.2, 0) is 0 Å². The first-order valence-corrected chi connectivity index (χ1v) is 5.56. The van der Waals surface area contributed by atoms with Gasteiger partial charge in [0.15, 0.2) is 0 Å². The van der Waals surface area contributed by atoms with E-state index in [-0.39, 0.29) is 11.4 Å². The van der Waals surface area contributed by atoms with Crippen molar-refractivity contribution in [2.75, 3.05) is 5.73 Å². The van der Waals surface area contributed by atoms with Gasteiger partial charge in [-0.2, -0.15) is 0 Å². The first-order chi connectivity index (χ1) is 7.61. The first kappa shape index (κ1) is 10.6. The standard InChI is InChI=1S/C11H10N2O2S/c1-7-8(10-3-2-6-16-10)4-5-9(11(7)12)13(14)15/h2-6H,12H2,1H3. The number of nitrogens with zero attached hydrogens (tertiary/aromatic N) is 1. The number of nitro benzene ring substituents is 1. The van der Waals surface area contributed by atoms with Gasteiger partial charge >= 0.3 is 0 Å². The van der Waals surface area contributed by atoms with E-state index in [9.17, 15) is 10.1 Å². The van der Waals surface area contributed by atoms with Gasteiger partial charge in [0, 0.05) is 10.9 Å². The van der Waals surface area contributed by atoms with Crippen molar-refractivity contribution in [2.45, 2.75) is 6.92 Å². The topological polar surface area (TPSA) is 69.2 Å². The van der Waals surface area contributed by atoms with E-state index in [0.717, 1.165) is 16.0 Å². The molecule has 0 spiro atoms. The van der Waals surface area contributed by atoms with Crippen molar-refractivity contribution in [3.63, 3.8) is 0 Å². The Balaban J connectivity index is 2.60. The third-order valence-corrected chi connectivity index (χ3v) is 3.38. The van der Waals surface area contributed by atoms with Crippen LogP contribution in [0.25, 0.3) is 10.4 Å². The van der Waals surface area contributed by atoms with Gasteiger partial charge in [0.2, 0.25) is 0 Å². The molecule has 0 saturated carbocycles. The van der Waals surface area contributed by atoms with E-state index >= 15 is 0 Å². The molecule has 2 N–H and O–H groups in total. The second-order valence-corrected chi connectivity index (χ2v) is 4.35. The van der Waals surface area contributed by atoms with E-state index in [1.807, 2.05) is 17.5 Å². The minimum atomic E-state index is -0.458. The summed E-state index contributed by atoms with van der Waals surface area (Å²) >= 11 is 1.59. The van der Waals surface area contributed by atoms with Crippen LogP contribution in [0.3, 0.4) is 0 Å². The fourth-order valence-electron chi connectivity index (χ4n) is 1.57. The molecule has 0 aliphatic rings. The SMILES string of the molecule is Cc1c(-c2cccs2)ccc([N+](=O)[O-])c1N. The van der Waals surface area contributed by atoms with Crippen molar-refractivity contribution in [1.82, 2.24) is 0 Å². The van der Waals surface area contributed by atoms with Gasteiger partial charge < -0.3 is 5.73 Å². The van der Waals surface area contributed by atoms with Crippen LogP contribution in [0.4, 0.5) is 11.4 Å². The van der Waals surface area contributed by atoms with Crippen LogP contribution in [0.15, 0.2) is 29.6 Å². The molecule has 4 nitrogen and oxygen atoms in total. The van der Waals surface area contributed by atoms with Crippen LogP contribution in [-0.4, -0.2) is 4.92 Å². The molecule has 1 heterocycles. The monoisotopic (exact) mass is 234 g/mol. The molecule has 82 valence electrons. The van der Waals surface area contributed by atoms with Crippen LogP contribution in [0.5, 0.6) is 0 Å². The van der Waals surface area contributed by atoms with Gasteiger partial charge in [0.1, 0.15) is 5.69 Å². The second-order valence-electron chi connectivity index (χ2n) is 3.41. The molecule has 0 amide bonds.